The molecule has 2 aliphatic rings. The van der Waals surface area contributed by atoms with Gasteiger partial charge in [0.1, 0.15) is 0 Å². The van der Waals surface area contributed by atoms with Gasteiger partial charge in [-0.1, -0.05) is 11.6 Å². The van der Waals surface area contributed by atoms with Crippen molar-refractivity contribution in [1.29, 1.82) is 0 Å². The lowest BCUT2D eigenvalue weighted by Crippen LogP contribution is -2.29. The molecule has 23 heavy (non-hydrogen) atoms. The molecule has 0 radical (unpaired) electrons. The Kier molecular flexibility index (Phi) is 4.05. The molecule has 0 saturated carbocycles. The van der Waals surface area contributed by atoms with E-state index in [0.717, 1.165) is 30.0 Å². The van der Waals surface area contributed by atoms with Crippen LogP contribution in [0.25, 0.3) is 0 Å². The van der Waals surface area contributed by atoms with Gasteiger partial charge in [0.15, 0.2) is 0 Å². The van der Waals surface area contributed by atoms with Gasteiger partial charge in [-0.05, 0) is 31.2 Å². The number of benzene rings is 1. The predicted molar refractivity (Wildman–Crippen MR) is 83.6 cm³/mol. The van der Waals surface area contributed by atoms with Gasteiger partial charge in [-0.3, -0.25) is 14.5 Å². The van der Waals surface area contributed by atoms with E-state index in [2.05, 4.69) is 10.0 Å². The average Bonchev–Trinajstić information content (AvgIpc) is 2.78. The molecule has 3 rings (SSSR count). The number of carbonyl (C=O) groups is 2. The molecular weight excluding hydrogens is 318 g/mol. The molecule has 0 saturated heterocycles. The number of sulfonamides is 1. The first-order valence-corrected chi connectivity index (χ1v) is 8.73. The van der Waals surface area contributed by atoms with Crippen LogP contribution >= 0.6 is 0 Å². The second-order valence-corrected chi connectivity index (χ2v) is 7.28. The Bertz CT molecular complexity index is 814. The van der Waals surface area contributed by atoms with E-state index in [0.29, 0.717) is 0 Å². The molecule has 0 unspecified atom stereocenters. The molecule has 7 nitrogen and oxygen atoms in total. The lowest BCUT2D eigenvalue weighted by molar-refractivity contribution is 0.0693. The summed E-state index contributed by atoms with van der Waals surface area (Å²) in [5.41, 5.74) is 1.39. The Labute approximate surface area is 134 Å². The number of nitrogens with zero attached hydrogens (tertiary/aromatic N) is 1. The van der Waals surface area contributed by atoms with Crippen LogP contribution in [-0.4, -0.2) is 51.8 Å². The van der Waals surface area contributed by atoms with Crippen LogP contribution in [0.3, 0.4) is 0 Å². The summed E-state index contributed by atoms with van der Waals surface area (Å²) in [5, 5.41) is 3.16. The van der Waals surface area contributed by atoms with Crippen molar-refractivity contribution in [1.82, 2.24) is 14.9 Å². The third kappa shape index (κ3) is 2.92. The minimum Gasteiger partial charge on any atom is -0.313 e. The van der Waals surface area contributed by atoms with Gasteiger partial charge in [-0.25, -0.2) is 13.1 Å². The van der Waals surface area contributed by atoms with Crippen molar-refractivity contribution in [3.05, 3.63) is 41.0 Å². The van der Waals surface area contributed by atoms with Gasteiger partial charge in [0.25, 0.3) is 11.8 Å². The van der Waals surface area contributed by atoms with E-state index in [4.69, 9.17) is 0 Å². The zero-order valence-corrected chi connectivity index (χ0v) is 13.4. The van der Waals surface area contributed by atoms with E-state index < -0.39 is 21.8 Å². The smallest absolute Gasteiger partial charge is 0.261 e. The third-order valence-electron chi connectivity index (χ3n) is 4.02. The number of amides is 2. The summed E-state index contributed by atoms with van der Waals surface area (Å²) in [6.45, 7) is 1.81. The lowest BCUT2D eigenvalue weighted by Gasteiger charge is -2.15. The van der Waals surface area contributed by atoms with E-state index >= 15 is 0 Å². The molecule has 8 heteroatoms. The highest BCUT2D eigenvalue weighted by Crippen LogP contribution is 2.24. The zero-order chi connectivity index (χ0) is 16.6. The van der Waals surface area contributed by atoms with E-state index in [-0.39, 0.29) is 22.6 Å². The molecule has 2 heterocycles. The molecule has 0 aliphatic carbocycles. The molecule has 1 aromatic rings. The van der Waals surface area contributed by atoms with E-state index in [1.807, 2.05) is 6.08 Å². The van der Waals surface area contributed by atoms with E-state index in [9.17, 15) is 18.0 Å². The topological polar surface area (TPSA) is 95.6 Å². The normalized spacial score (nSPS) is 18.1. The first-order valence-electron chi connectivity index (χ1n) is 7.25. The quantitative estimate of drug-likeness (QED) is 0.601. The maximum Gasteiger partial charge on any atom is 0.261 e. The van der Waals surface area contributed by atoms with Crippen molar-refractivity contribution in [2.45, 2.75) is 11.3 Å². The molecular formula is C15H17N3O4S. The third-order valence-corrected chi connectivity index (χ3v) is 5.42. The number of imide groups is 1. The van der Waals surface area contributed by atoms with Crippen LogP contribution in [0.4, 0.5) is 0 Å². The molecule has 0 spiro atoms. The molecule has 1 aromatic carbocycles. The first-order chi connectivity index (χ1) is 10.9. The zero-order valence-electron chi connectivity index (χ0n) is 12.6. The first kappa shape index (κ1) is 15.9. The highest BCUT2D eigenvalue weighted by Gasteiger charge is 2.33. The van der Waals surface area contributed by atoms with Crippen LogP contribution in [0.5, 0.6) is 0 Å². The van der Waals surface area contributed by atoms with E-state index in [1.54, 1.807) is 0 Å². The summed E-state index contributed by atoms with van der Waals surface area (Å²) in [7, 11) is -2.36. The molecule has 122 valence electrons. The second-order valence-electron chi connectivity index (χ2n) is 5.52. The van der Waals surface area contributed by atoms with Gasteiger partial charge in [0, 0.05) is 20.1 Å². The number of hydrogen-bond donors (Lipinski definition) is 2. The number of carbonyl (C=O) groups excluding carboxylic acids is 2. The van der Waals surface area contributed by atoms with Crippen molar-refractivity contribution in [2.24, 2.45) is 0 Å². The summed E-state index contributed by atoms with van der Waals surface area (Å²) in [6, 6.07) is 4.00. The molecule has 0 bridgehead atoms. The molecule has 2 N–H and O–H groups in total. The average molecular weight is 335 g/mol. The van der Waals surface area contributed by atoms with Crippen LogP contribution in [0.15, 0.2) is 34.7 Å². The Morgan fingerprint density at radius 2 is 1.96 bits per heavy atom. The summed E-state index contributed by atoms with van der Waals surface area (Å²) in [5.74, 6) is -0.898. The fraction of sp³-hybridized carbons (Fsp3) is 0.333. The van der Waals surface area contributed by atoms with Crippen LogP contribution < -0.4 is 10.0 Å². The van der Waals surface area contributed by atoms with Crippen molar-refractivity contribution >= 4 is 21.8 Å². The number of fused-ring (bicyclic) bond motifs is 1. The minimum atomic E-state index is -3.73. The van der Waals surface area contributed by atoms with Gasteiger partial charge in [0.05, 0.1) is 16.0 Å². The fourth-order valence-electron chi connectivity index (χ4n) is 2.61. The van der Waals surface area contributed by atoms with E-state index in [1.165, 1.54) is 25.2 Å². The highest BCUT2D eigenvalue weighted by molar-refractivity contribution is 7.89. The number of rotatable bonds is 4. The van der Waals surface area contributed by atoms with Gasteiger partial charge < -0.3 is 5.32 Å². The second kappa shape index (κ2) is 5.88. The van der Waals surface area contributed by atoms with Crippen LogP contribution in [0.2, 0.25) is 0 Å². The van der Waals surface area contributed by atoms with Crippen LogP contribution in [0, 0.1) is 0 Å². The predicted octanol–water partition coefficient (Wildman–Crippen LogP) is 0.110. The molecule has 0 atom stereocenters. The monoisotopic (exact) mass is 335 g/mol. The van der Waals surface area contributed by atoms with Crippen LogP contribution in [0.1, 0.15) is 27.1 Å². The molecule has 0 fully saturated rings. The van der Waals surface area contributed by atoms with Crippen molar-refractivity contribution in [3.63, 3.8) is 0 Å². The summed E-state index contributed by atoms with van der Waals surface area (Å²) >= 11 is 0. The Morgan fingerprint density at radius 3 is 2.65 bits per heavy atom. The van der Waals surface area contributed by atoms with Gasteiger partial charge in [-0.15, -0.1) is 0 Å². The van der Waals surface area contributed by atoms with Crippen LogP contribution in [-0.2, 0) is 10.0 Å². The maximum absolute atomic E-state index is 12.4. The maximum atomic E-state index is 12.4. The summed E-state index contributed by atoms with van der Waals surface area (Å²) < 4.78 is 27.3. The van der Waals surface area contributed by atoms with Crippen molar-refractivity contribution < 1.29 is 18.0 Å². The Balaban J connectivity index is 1.83. The van der Waals surface area contributed by atoms with Crippen molar-refractivity contribution in [3.8, 4) is 0 Å². The minimum absolute atomic E-state index is 0.0118. The van der Waals surface area contributed by atoms with Crippen molar-refractivity contribution in [2.75, 3.05) is 26.7 Å². The standard InChI is InChI=1S/C15H17N3O4S/c1-18-14(19)12-3-2-11(8-13(12)15(18)20)23(21,22)17-9-10-4-6-16-7-5-10/h2-4,8,16-17H,5-7,9H2,1H3. The van der Waals surface area contributed by atoms with Gasteiger partial charge in [0.2, 0.25) is 10.0 Å². The number of hydrogen-bond acceptors (Lipinski definition) is 5. The molecule has 2 amide bonds. The van der Waals surface area contributed by atoms with Gasteiger partial charge in [-0.2, -0.15) is 0 Å². The largest absolute Gasteiger partial charge is 0.313 e. The molecule has 0 aromatic heterocycles. The Hall–Kier alpha value is -2.03. The lowest BCUT2D eigenvalue weighted by atomic mass is 10.1. The SMILES string of the molecule is CN1C(=O)c2ccc(S(=O)(=O)NCC3=CCNCC3)cc2C1=O. The fourth-order valence-corrected chi connectivity index (χ4v) is 3.67. The molecule has 2 aliphatic heterocycles. The highest BCUT2D eigenvalue weighted by atomic mass is 32.2. The van der Waals surface area contributed by atoms with Gasteiger partial charge >= 0.3 is 0 Å². The number of nitrogens with one attached hydrogen (secondary N) is 2. The summed E-state index contributed by atoms with van der Waals surface area (Å²) in [6.07, 6.45) is 2.76. The summed E-state index contributed by atoms with van der Waals surface area (Å²) in [4.78, 5) is 24.8. The Morgan fingerprint density at radius 1 is 1.22 bits per heavy atom.